The predicted octanol–water partition coefficient (Wildman–Crippen LogP) is 2.45. The lowest BCUT2D eigenvalue weighted by Crippen LogP contribution is -2.42. The summed E-state index contributed by atoms with van der Waals surface area (Å²) in [6.45, 7) is 1.94. The van der Waals surface area contributed by atoms with Crippen LogP contribution in [0.2, 0.25) is 0 Å². The highest BCUT2D eigenvalue weighted by Crippen LogP contribution is 2.22. The fourth-order valence-electron chi connectivity index (χ4n) is 3.61. The molecule has 0 amide bonds. The summed E-state index contributed by atoms with van der Waals surface area (Å²) in [5.74, 6) is 0. The Kier molecular flexibility index (Phi) is 9.82. The molecular weight excluding hydrogens is 500 g/mol. The van der Waals surface area contributed by atoms with Gasteiger partial charge in [-0.25, -0.2) is 0 Å². The Labute approximate surface area is 204 Å². The number of nitrogens with zero attached hydrogens (tertiary/aromatic N) is 4. The Bertz CT molecular complexity index is 1250. The third-order valence-electron chi connectivity index (χ3n) is 5.41. The highest BCUT2D eigenvalue weighted by molar-refractivity contribution is 7.90. The van der Waals surface area contributed by atoms with E-state index in [1.807, 2.05) is 0 Å². The quantitative estimate of drug-likeness (QED) is 0.130. The van der Waals surface area contributed by atoms with Crippen molar-refractivity contribution in [1.82, 2.24) is 0 Å². The Balaban J connectivity index is 2.14. The van der Waals surface area contributed by atoms with Crippen LogP contribution in [0.4, 0.5) is 11.4 Å². The number of hydrogen-bond acceptors (Lipinski definition) is 8. The first-order chi connectivity index (χ1) is 16.3. The van der Waals surface area contributed by atoms with E-state index in [1.165, 1.54) is 17.1 Å². The first kappa shape index (κ1) is 28.3. The number of hydrogen-bond donors (Lipinski definition) is 2. The first-order valence-corrected chi connectivity index (χ1v) is 13.8. The number of pyridine rings is 1. The van der Waals surface area contributed by atoms with Gasteiger partial charge in [-0.05, 0) is 31.0 Å². The highest BCUT2D eigenvalue weighted by Gasteiger charge is 2.39. The van der Waals surface area contributed by atoms with Crippen molar-refractivity contribution >= 4 is 37.8 Å². The molecule has 0 radical (unpaired) electrons. The number of hydrazone groups is 1. The molecule has 1 heterocycles. The summed E-state index contributed by atoms with van der Waals surface area (Å²) in [5.41, 5.74) is 1.24. The zero-order valence-electron chi connectivity index (χ0n) is 19.3. The van der Waals surface area contributed by atoms with Crippen LogP contribution in [-0.4, -0.2) is 54.6 Å². The molecule has 35 heavy (non-hydrogen) atoms. The summed E-state index contributed by atoms with van der Waals surface area (Å²) in [5, 5.41) is 13.4. The van der Waals surface area contributed by atoms with Gasteiger partial charge in [-0.2, -0.15) is 26.5 Å². The van der Waals surface area contributed by atoms with Gasteiger partial charge in [0.25, 0.3) is 25.9 Å². The smallest absolute Gasteiger partial charge is 0.269 e. The normalized spacial score (nSPS) is 14.1. The zero-order chi connectivity index (χ0) is 26.2. The van der Waals surface area contributed by atoms with E-state index in [4.69, 9.17) is 0 Å². The van der Waals surface area contributed by atoms with Crippen molar-refractivity contribution in [1.29, 1.82) is 0 Å². The van der Waals surface area contributed by atoms with Crippen LogP contribution in [0.5, 0.6) is 0 Å². The van der Waals surface area contributed by atoms with Crippen molar-refractivity contribution in [2.75, 3.05) is 12.1 Å². The fourth-order valence-corrected chi connectivity index (χ4v) is 6.49. The number of nitro benzene ring substituents is 1. The van der Waals surface area contributed by atoms with Gasteiger partial charge in [-0.3, -0.25) is 24.2 Å². The van der Waals surface area contributed by atoms with E-state index in [-0.39, 0.29) is 24.9 Å². The molecule has 0 fully saturated rings. The second-order valence-electron chi connectivity index (χ2n) is 7.90. The Morgan fingerprint density at radius 1 is 1.06 bits per heavy atom. The molecule has 2 unspecified atom stereocenters. The Morgan fingerprint density at radius 2 is 1.66 bits per heavy atom. The van der Waals surface area contributed by atoms with Crippen molar-refractivity contribution in [3.8, 4) is 0 Å². The summed E-state index contributed by atoms with van der Waals surface area (Å²) in [4.78, 5) is 10.3. The largest absolute Gasteiger partial charge is 0.285 e. The van der Waals surface area contributed by atoms with E-state index in [2.05, 4.69) is 5.10 Å². The maximum atomic E-state index is 11.9. The van der Waals surface area contributed by atoms with Gasteiger partial charge >= 0.3 is 0 Å². The third-order valence-corrected chi connectivity index (χ3v) is 8.24. The molecule has 2 atom stereocenters. The summed E-state index contributed by atoms with van der Waals surface area (Å²) >= 11 is 0. The predicted molar refractivity (Wildman–Crippen MR) is 131 cm³/mol. The minimum Gasteiger partial charge on any atom is -0.285 e. The Hall–Kier alpha value is -2.94. The SMILES string of the molecule is CCCC(C(CCC[n+]1ccccc1C=NN(C)c1ccc([N+](=O)[O-])cc1)S(=O)(=O)O)S(=O)(=O)O. The standard InChI is InChI=1S/C21H28N4O8S2/c1-3-7-20(34(28,29)30)21(35(31,32)33)9-6-15-24-14-5-4-8-19(24)16-22-23(2)17-10-12-18(13-11-17)25(26)27/h4-5,8,10-14,16,20-21H,3,6-7,9,15H2,1-2H3,(H-,28,29,30,31,32,33)/p+1. The molecule has 2 N–H and O–H groups in total. The van der Waals surface area contributed by atoms with Crippen LogP contribution in [0.25, 0.3) is 0 Å². The van der Waals surface area contributed by atoms with Gasteiger partial charge in [0.05, 0.1) is 10.6 Å². The summed E-state index contributed by atoms with van der Waals surface area (Å²) in [6.07, 6.45) is 3.53. The molecule has 192 valence electrons. The highest BCUT2D eigenvalue weighted by atomic mass is 32.2. The van der Waals surface area contributed by atoms with Gasteiger partial charge < -0.3 is 0 Å². The summed E-state index contributed by atoms with van der Waals surface area (Å²) in [7, 11) is -7.72. The van der Waals surface area contributed by atoms with Crippen molar-refractivity contribution in [2.24, 2.45) is 5.10 Å². The van der Waals surface area contributed by atoms with Crippen molar-refractivity contribution in [2.45, 2.75) is 49.7 Å². The van der Waals surface area contributed by atoms with Gasteiger partial charge in [0.1, 0.15) is 23.3 Å². The minimum atomic E-state index is -4.72. The molecule has 0 saturated carbocycles. The molecule has 1 aromatic carbocycles. The van der Waals surface area contributed by atoms with Crippen LogP contribution < -0.4 is 9.58 Å². The Morgan fingerprint density at radius 3 is 2.20 bits per heavy atom. The van der Waals surface area contributed by atoms with Gasteiger partial charge in [-0.1, -0.05) is 13.3 Å². The zero-order valence-corrected chi connectivity index (χ0v) is 21.0. The van der Waals surface area contributed by atoms with Crippen LogP contribution >= 0.6 is 0 Å². The molecule has 0 aliphatic rings. The third kappa shape index (κ3) is 8.35. The number of aromatic nitrogens is 1. The first-order valence-electron chi connectivity index (χ1n) is 10.8. The van der Waals surface area contributed by atoms with E-state index >= 15 is 0 Å². The molecule has 0 bridgehead atoms. The molecule has 12 nitrogen and oxygen atoms in total. The van der Waals surface area contributed by atoms with E-state index in [0.29, 0.717) is 24.3 Å². The van der Waals surface area contributed by atoms with E-state index in [1.54, 1.807) is 61.3 Å². The summed E-state index contributed by atoms with van der Waals surface area (Å²) < 4.78 is 68.1. The molecule has 1 aromatic heterocycles. The average Bonchev–Trinajstić information content (AvgIpc) is 2.78. The topological polar surface area (TPSA) is 171 Å². The van der Waals surface area contributed by atoms with Crippen LogP contribution in [0, 0.1) is 10.1 Å². The molecule has 0 spiro atoms. The van der Waals surface area contributed by atoms with Crippen LogP contribution in [0.1, 0.15) is 38.3 Å². The van der Waals surface area contributed by atoms with E-state index in [0.717, 1.165) is 0 Å². The average molecular weight is 530 g/mol. The fraction of sp³-hybridized carbons (Fsp3) is 0.429. The van der Waals surface area contributed by atoms with Gasteiger partial charge in [0.2, 0.25) is 5.69 Å². The lowest BCUT2D eigenvalue weighted by Gasteiger charge is -2.21. The number of rotatable bonds is 13. The number of anilines is 1. The van der Waals surface area contributed by atoms with Crippen molar-refractivity contribution < 1.29 is 35.4 Å². The lowest BCUT2D eigenvalue weighted by atomic mass is 10.1. The van der Waals surface area contributed by atoms with Crippen LogP contribution in [0.3, 0.4) is 0 Å². The maximum Gasteiger partial charge on any atom is 0.269 e. The van der Waals surface area contributed by atoms with Crippen molar-refractivity contribution in [3.05, 3.63) is 64.5 Å². The van der Waals surface area contributed by atoms with Gasteiger partial charge in [0.15, 0.2) is 6.20 Å². The second kappa shape index (κ2) is 12.2. The van der Waals surface area contributed by atoms with Gasteiger partial charge in [0, 0.05) is 37.7 Å². The second-order valence-corrected chi connectivity index (χ2v) is 11.2. The van der Waals surface area contributed by atoms with Crippen LogP contribution in [0.15, 0.2) is 53.8 Å². The molecule has 0 aliphatic heterocycles. The minimum absolute atomic E-state index is 0.0367. The molecule has 2 aromatic rings. The molecule has 14 heteroatoms. The number of non-ortho nitro benzene ring substituents is 1. The molecule has 2 rings (SSSR count). The number of benzene rings is 1. The molecule has 0 saturated heterocycles. The van der Waals surface area contributed by atoms with Crippen molar-refractivity contribution in [3.63, 3.8) is 0 Å². The summed E-state index contributed by atoms with van der Waals surface area (Å²) in [6, 6.07) is 11.2. The molecular formula is C21H29N4O8S2+. The van der Waals surface area contributed by atoms with Crippen LogP contribution in [-0.2, 0) is 26.8 Å². The van der Waals surface area contributed by atoms with E-state index < -0.39 is 35.7 Å². The number of nitro groups is 1. The number of aryl methyl sites for hydroxylation is 1. The monoisotopic (exact) mass is 529 g/mol. The van der Waals surface area contributed by atoms with Gasteiger partial charge in [-0.15, -0.1) is 0 Å². The maximum absolute atomic E-state index is 11.9. The molecule has 0 aliphatic carbocycles. The lowest BCUT2D eigenvalue weighted by molar-refractivity contribution is -0.698. The van der Waals surface area contributed by atoms with E-state index in [9.17, 15) is 36.1 Å².